The van der Waals surface area contributed by atoms with Crippen LogP contribution in [0.2, 0.25) is 0 Å². The van der Waals surface area contributed by atoms with Gasteiger partial charge in [0.25, 0.3) is 0 Å². The molecule has 3 rings (SSSR count). The first kappa shape index (κ1) is 13.6. The fourth-order valence-corrected chi connectivity index (χ4v) is 2.94. The van der Waals surface area contributed by atoms with E-state index in [1.165, 1.54) is 0 Å². The SMILES string of the molecule is Cc1nc(C2CCCN(c3ccncc3C#N)C2)[nH]c1C. The van der Waals surface area contributed by atoms with Crippen molar-refractivity contribution in [3.63, 3.8) is 0 Å². The number of rotatable bonds is 2. The molecule has 0 radical (unpaired) electrons. The lowest BCUT2D eigenvalue weighted by Crippen LogP contribution is -2.35. The molecule has 2 aromatic rings. The van der Waals surface area contributed by atoms with E-state index in [-0.39, 0.29) is 0 Å². The summed E-state index contributed by atoms with van der Waals surface area (Å²) in [5, 5.41) is 9.24. The predicted molar refractivity (Wildman–Crippen MR) is 81.2 cm³/mol. The van der Waals surface area contributed by atoms with Crippen molar-refractivity contribution >= 4 is 5.69 Å². The first-order valence-corrected chi connectivity index (χ1v) is 7.31. The van der Waals surface area contributed by atoms with Crippen molar-refractivity contribution in [1.29, 1.82) is 5.26 Å². The lowest BCUT2D eigenvalue weighted by molar-refractivity contribution is 0.493. The maximum absolute atomic E-state index is 9.24. The van der Waals surface area contributed by atoms with Crippen LogP contribution in [0.3, 0.4) is 0 Å². The van der Waals surface area contributed by atoms with E-state index in [0.29, 0.717) is 11.5 Å². The highest BCUT2D eigenvalue weighted by molar-refractivity contribution is 5.58. The van der Waals surface area contributed by atoms with Gasteiger partial charge in [0.2, 0.25) is 0 Å². The Morgan fingerprint density at radius 2 is 2.29 bits per heavy atom. The third-order valence-corrected chi connectivity index (χ3v) is 4.21. The second kappa shape index (κ2) is 5.57. The molecule has 21 heavy (non-hydrogen) atoms. The molecule has 0 aromatic carbocycles. The summed E-state index contributed by atoms with van der Waals surface area (Å²) in [6.45, 7) is 5.97. The van der Waals surface area contributed by atoms with Gasteiger partial charge in [0.1, 0.15) is 11.9 Å². The summed E-state index contributed by atoms with van der Waals surface area (Å²) in [6, 6.07) is 4.16. The zero-order valence-electron chi connectivity index (χ0n) is 12.4. The van der Waals surface area contributed by atoms with Crippen LogP contribution in [0.4, 0.5) is 5.69 Å². The Balaban J connectivity index is 1.84. The van der Waals surface area contributed by atoms with Gasteiger partial charge in [-0.05, 0) is 32.8 Å². The van der Waals surface area contributed by atoms with E-state index in [9.17, 15) is 5.26 Å². The molecule has 0 aliphatic carbocycles. The standard InChI is InChI=1S/C16H19N5/c1-11-12(2)20-16(19-11)13-4-3-7-21(10-13)15-5-6-18-9-14(15)8-17/h5-6,9,13H,3-4,7,10H2,1-2H3,(H,19,20). The van der Waals surface area contributed by atoms with Crippen LogP contribution < -0.4 is 4.90 Å². The number of nitriles is 1. The van der Waals surface area contributed by atoms with Gasteiger partial charge in [0, 0.05) is 37.1 Å². The molecular formula is C16H19N5. The van der Waals surface area contributed by atoms with Gasteiger partial charge in [0.05, 0.1) is 16.9 Å². The molecule has 5 nitrogen and oxygen atoms in total. The molecule has 108 valence electrons. The van der Waals surface area contributed by atoms with Crippen molar-refractivity contribution in [1.82, 2.24) is 15.0 Å². The molecule has 3 heterocycles. The quantitative estimate of drug-likeness (QED) is 0.919. The van der Waals surface area contributed by atoms with Crippen molar-refractivity contribution in [3.05, 3.63) is 41.2 Å². The molecule has 1 aliphatic heterocycles. The molecule has 1 unspecified atom stereocenters. The minimum absolute atomic E-state index is 0.394. The van der Waals surface area contributed by atoms with Gasteiger partial charge in [-0.1, -0.05) is 0 Å². The average molecular weight is 281 g/mol. The van der Waals surface area contributed by atoms with Crippen molar-refractivity contribution in [2.45, 2.75) is 32.6 Å². The molecule has 0 bridgehead atoms. The lowest BCUT2D eigenvalue weighted by atomic mass is 9.96. The zero-order chi connectivity index (χ0) is 14.8. The highest BCUT2D eigenvalue weighted by atomic mass is 15.1. The van der Waals surface area contributed by atoms with Crippen LogP contribution in [-0.2, 0) is 0 Å². The number of piperidine rings is 1. The first-order valence-electron chi connectivity index (χ1n) is 7.31. The van der Waals surface area contributed by atoms with E-state index in [1.54, 1.807) is 12.4 Å². The molecular weight excluding hydrogens is 262 g/mol. The molecule has 1 atom stereocenters. The van der Waals surface area contributed by atoms with Crippen LogP contribution in [0.15, 0.2) is 18.5 Å². The summed E-state index contributed by atoms with van der Waals surface area (Å²) < 4.78 is 0. The van der Waals surface area contributed by atoms with Crippen LogP contribution in [0.1, 0.15) is 41.5 Å². The van der Waals surface area contributed by atoms with Gasteiger partial charge in [-0.15, -0.1) is 0 Å². The van der Waals surface area contributed by atoms with Gasteiger partial charge >= 0.3 is 0 Å². The minimum Gasteiger partial charge on any atom is -0.370 e. The largest absolute Gasteiger partial charge is 0.370 e. The highest BCUT2D eigenvalue weighted by Gasteiger charge is 2.25. The monoisotopic (exact) mass is 281 g/mol. The van der Waals surface area contributed by atoms with Crippen LogP contribution >= 0.6 is 0 Å². The van der Waals surface area contributed by atoms with E-state index in [2.05, 4.69) is 32.8 Å². The average Bonchev–Trinajstić information content (AvgIpc) is 2.87. The summed E-state index contributed by atoms with van der Waals surface area (Å²) in [6.07, 6.45) is 5.63. The lowest BCUT2D eigenvalue weighted by Gasteiger charge is -2.34. The number of H-pyrrole nitrogens is 1. The second-order valence-electron chi connectivity index (χ2n) is 5.62. The number of aryl methyl sites for hydroxylation is 2. The smallest absolute Gasteiger partial charge is 0.111 e. The van der Waals surface area contributed by atoms with Gasteiger partial charge in [0.15, 0.2) is 0 Å². The zero-order valence-corrected chi connectivity index (χ0v) is 12.4. The normalized spacial score (nSPS) is 18.5. The van der Waals surface area contributed by atoms with Crippen molar-refractivity contribution in [2.24, 2.45) is 0 Å². The fraction of sp³-hybridized carbons (Fsp3) is 0.438. The number of pyridine rings is 1. The maximum atomic E-state index is 9.24. The number of imidazole rings is 1. The summed E-state index contributed by atoms with van der Waals surface area (Å²) in [4.78, 5) is 14.4. The molecule has 0 saturated carbocycles. The summed E-state index contributed by atoms with van der Waals surface area (Å²) >= 11 is 0. The van der Waals surface area contributed by atoms with E-state index in [4.69, 9.17) is 0 Å². The van der Waals surface area contributed by atoms with Gasteiger partial charge in [-0.3, -0.25) is 4.98 Å². The van der Waals surface area contributed by atoms with Crippen LogP contribution in [0.5, 0.6) is 0 Å². The van der Waals surface area contributed by atoms with Crippen molar-refractivity contribution in [2.75, 3.05) is 18.0 Å². The molecule has 1 aliphatic rings. The third kappa shape index (κ3) is 2.62. The molecule has 5 heteroatoms. The Morgan fingerprint density at radius 1 is 1.43 bits per heavy atom. The van der Waals surface area contributed by atoms with Crippen LogP contribution in [0, 0.1) is 25.2 Å². The fourth-order valence-electron chi connectivity index (χ4n) is 2.94. The number of nitrogens with zero attached hydrogens (tertiary/aromatic N) is 4. The highest BCUT2D eigenvalue weighted by Crippen LogP contribution is 2.30. The maximum Gasteiger partial charge on any atom is 0.111 e. The number of nitrogens with one attached hydrogen (secondary N) is 1. The Kier molecular flexibility index (Phi) is 3.61. The Bertz CT molecular complexity index is 663. The number of aromatic amines is 1. The topological polar surface area (TPSA) is 68.6 Å². The molecule has 0 spiro atoms. The first-order chi connectivity index (χ1) is 10.2. The number of anilines is 1. The van der Waals surface area contributed by atoms with E-state index in [0.717, 1.165) is 48.8 Å². The molecule has 1 fully saturated rings. The Hall–Kier alpha value is -2.35. The predicted octanol–water partition coefficient (Wildman–Crippen LogP) is 2.68. The second-order valence-corrected chi connectivity index (χ2v) is 5.62. The Morgan fingerprint density at radius 3 is 3.00 bits per heavy atom. The Labute approximate surface area is 124 Å². The molecule has 2 aromatic heterocycles. The summed E-state index contributed by atoms with van der Waals surface area (Å²) in [7, 11) is 0. The van der Waals surface area contributed by atoms with Crippen LogP contribution in [0.25, 0.3) is 0 Å². The van der Waals surface area contributed by atoms with Gasteiger partial charge < -0.3 is 9.88 Å². The number of hydrogen-bond acceptors (Lipinski definition) is 4. The van der Waals surface area contributed by atoms with Crippen LogP contribution in [-0.4, -0.2) is 28.0 Å². The third-order valence-electron chi connectivity index (χ3n) is 4.21. The number of hydrogen-bond donors (Lipinski definition) is 1. The molecule has 0 amide bonds. The summed E-state index contributed by atoms with van der Waals surface area (Å²) in [5.41, 5.74) is 3.84. The molecule has 1 saturated heterocycles. The molecule has 1 N–H and O–H groups in total. The number of aromatic nitrogens is 3. The van der Waals surface area contributed by atoms with Gasteiger partial charge in [-0.25, -0.2) is 4.98 Å². The van der Waals surface area contributed by atoms with E-state index in [1.807, 2.05) is 13.0 Å². The van der Waals surface area contributed by atoms with E-state index < -0.39 is 0 Å². The van der Waals surface area contributed by atoms with Crippen molar-refractivity contribution < 1.29 is 0 Å². The van der Waals surface area contributed by atoms with Crippen molar-refractivity contribution in [3.8, 4) is 6.07 Å². The summed E-state index contributed by atoms with van der Waals surface area (Å²) in [5.74, 6) is 1.47. The minimum atomic E-state index is 0.394. The van der Waals surface area contributed by atoms with E-state index >= 15 is 0 Å². The van der Waals surface area contributed by atoms with Gasteiger partial charge in [-0.2, -0.15) is 5.26 Å².